The second-order valence-corrected chi connectivity index (χ2v) is 4.15. The van der Waals surface area contributed by atoms with Crippen molar-refractivity contribution in [2.75, 3.05) is 5.73 Å². The Balaban J connectivity index is 2.32. The highest BCUT2D eigenvalue weighted by Gasteiger charge is 2.13. The van der Waals surface area contributed by atoms with Crippen molar-refractivity contribution >= 4 is 11.3 Å². The smallest absolute Gasteiger partial charge is 0.171 e. The Morgan fingerprint density at radius 3 is 2.83 bits per heavy atom. The van der Waals surface area contributed by atoms with Crippen LogP contribution in [0.15, 0.2) is 36.5 Å². The molecule has 4 nitrogen and oxygen atoms in total. The Morgan fingerprint density at radius 2 is 2.00 bits per heavy atom. The Labute approximate surface area is 103 Å². The van der Waals surface area contributed by atoms with Crippen molar-refractivity contribution in [1.82, 2.24) is 14.6 Å². The van der Waals surface area contributed by atoms with E-state index in [1.165, 1.54) is 0 Å². The lowest BCUT2D eigenvalue weighted by molar-refractivity contribution is 0.620. The predicted molar refractivity (Wildman–Crippen MR) is 67.5 cm³/mol. The van der Waals surface area contributed by atoms with Gasteiger partial charge in [-0.25, -0.2) is 4.39 Å². The minimum atomic E-state index is -0.283. The van der Waals surface area contributed by atoms with Gasteiger partial charge >= 0.3 is 0 Å². The SMILES string of the molecule is Cc1cccc(-c2nnc3ccc(N)cn23)c1F. The number of nitrogens with zero attached hydrogens (tertiary/aromatic N) is 3. The molecule has 3 rings (SSSR count). The van der Waals surface area contributed by atoms with Gasteiger partial charge in [0, 0.05) is 11.9 Å². The van der Waals surface area contributed by atoms with Crippen LogP contribution in [0.3, 0.4) is 0 Å². The van der Waals surface area contributed by atoms with Crippen LogP contribution in [0.25, 0.3) is 17.0 Å². The summed E-state index contributed by atoms with van der Waals surface area (Å²) in [5.41, 5.74) is 7.95. The van der Waals surface area contributed by atoms with Crippen molar-refractivity contribution in [2.45, 2.75) is 6.92 Å². The molecule has 1 aromatic carbocycles. The maximum atomic E-state index is 14.1. The molecule has 0 amide bonds. The number of aromatic nitrogens is 3. The molecule has 0 atom stereocenters. The highest BCUT2D eigenvalue weighted by Crippen LogP contribution is 2.24. The summed E-state index contributed by atoms with van der Waals surface area (Å²) in [4.78, 5) is 0. The van der Waals surface area contributed by atoms with E-state index in [0.29, 0.717) is 28.3 Å². The molecule has 18 heavy (non-hydrogen) atoms. The third-order valence-corrected chi connectivity index (χ3v) is 2.86. The first kappa shape index (κ1) is 10.7. The summed E-state index contributed by atoms with van der Waals surface area (Å²) in [5, 5.41) is 8.02. The molecular weight excluding hydrogens is 231 g/mol. The van der Waals surface area contributed by atoms with Crippen LogP contribution in [0.4, 0.5) is 10.1 Å². The fourth-order valence-electron chi connectivity index (χ4n) is 1.91. The molecule has 5 heteroatoms. The van der Waals surface area contributed by atoms with Gasteiger partial charge in [0.15, 0.2) is 11.5 Å². The number of nitrogens with two attached hydrogens (primary N) is 1. The lowest BCUT2D eigenvalue weighted by Gasteiger charge is -2.04. The number of benzene rings is 1. The molecule has 0 aliphatic heterocycles. The van der Waals surface area contributed by atoms with Gasteiger partial charge in [0.1, 0.15) is 5.82 Å². The van der Waals surface area contributed by atoms with E-state index in [1.807, 2.05) is 0 Å². The molecule has 0 aliphatic carbocycles. The second kappa shape index (κ2) is 3.80. The van der Waals surface area contributed by atoms with Crippen LogP contribution in [-0.2, 0) is 0 Å². The third kappa shape index (κ3) is 1.52. The maximum Gasteiger partial charge on any atom is 0.171 e. The van der Waals surface area contributed by atoms with Crippen molar-refractivity contribution in [1.29, 1.82) is 0 Å². The Kier molecular flexibility index (Phi) is 2.26. The fraction of sp³-hybridized carbons (Fsp3) is 0.0769. The average Bonchev–Trinajstić information content (AvgIpc) is 2.75. The number of hydrogen-bond donors (Lipinski definition) is 1. The van der Waals surface area contributed by atoms with E-state index >= 15 is 0 Å². The summed E-state index contributed by atoms with van der Waals surface area (Å²) in [6, 6.07) is 8.68. The zero-order valence-corrected chi connectivity index (χ0v) is 9.76. The largest absolute Gasteiger partial charge is 0.398 e. The van der Waals surface area contributed by atoms with E-state index in [-0.39, 0.29) is 5.82 Å². The number of hydrogen-bond acceptors (Lipinski definition) is 3. The van der Waals surface area contributed by atoms with Crippen molar-refractivity contribution in [3.63, 3.8) is 0 Å². The number of pyridine rings is 1. The van der Waals surface area contributed by atoms with Gasteiger partial charge in [0.05, 0.1) is 5.56 Å². The number of fused-ring (bicyclic) bond motifs is 1. The van der Waals surface area contributed by atoms with Crippen molar-refractivity contribution in [2.24, 2.45) is 0 Å². The molecule has 0 radical (unpaired) electrons. The fourth-order valence-corrected chi connectivity index (χ4v) is 1.91. The molecule has 2 aromatic heterocycles. The first-order valence-electron chi connectivity index (χ1n) is 5.52. The monoisotopic (exact) mass is 242 g/mol. The van der Waals surface area contributed by atoms with Gasteiger partial charge in [0.2, 0.25) is 0 Å². The van der Waals surface area contributed by atoms with E-state index in [1.54, 1.807) is 47.9 Å². The number of anilines is 1. The molecule has 0 bridgehead atoms. The molecule has 0 aliphatic rings. The lowest BCUT2D eigenvalue weighted by atomic mass is 10.1. The molecule has 0 unspecified atom stereocenters. The number of rotatable bonds is 1. The Morgan fingerprint density at radius 1 is 1.17 bits per heavy atom. The molecule has 0 saturated heterocycles. The quantitative estimate of drug-likeness (QED) is 0.713. The molecule has 0 saturated carbocycles. The van der Waals surface area contributed by atoms with Gasteiger partial charge in [-0.1, -0.05) is 12.1 Å². The molecular formula is C13H11FN4. The van der Waals surface area contributed by atoms with Gasteiger partial charge in [-0.15, -0.1) is 10.2 Å². The summed E-state index contributed by atoms with van der Waals surface area (Å²) in [5.74, 6) is 0.174. The molecule has 2 N–H and O–H groups in total. The third-order valence-electron chi connectivity index (χ3n) is 2.86. The predicted octanol–water partition coefficient (Wildman–Crippen LogP) is 2.43. The van der Waals surface area contributed by atoms with Gasteiger partial charge in [-0.05, 0) is 30.7 Å². The first-order valence-corrected chi connectivity index (χ1v) is 5.52. The van der Waals surface area contributed by atoms with E-state index in [4.69, 9.17) is 5.73 Å². The molecule has 3 aromatic rings. The van der Waals surface area contributed by atoms with Gasteiger partial charge in [-0.3, -0.25) is 4.40 Å². The van der Waals surface area contributed by atoms with Crippen LogP contribution in [0.1, 0.15) is 5.56 Å². The molecule has 2 heterocycles. The second-order valence-electron chi connectivity index (χ2n) is 4.15. The van der Waals surface area contributed by atoms with Crippen molar-refractivity contribution in [3.05, 3.63) is 47.9 Å². The summed E-state index contributed by atoms with van der Waals surface area (Å²) >= 11 is 0. The summed E-state index contributed by atoms with van der Waals surface area (Å²) in [6.45, 7) is 1.72. The average molecular weight is 242 g/mol. The summed E-state index contributed by atoms with van der Waals surface area (Å²) in [6.07, 6.45) is 1.69. The molecule has 90 valence electrons. The first-order chi connectivity index (χ1) is 8.66. The summed E-state index contributed by atoms with van der Waals surface area (Å²) in [7, 11) is 0. The van der Waals surface area contributed by atoms with Crippen LogP contribution < -0.4 is 5.73 Å². The van der Waals surface area contributed by atoms with E-state index in [2.05, 4.69) is 10.2 Å². The molecule has 0 fully saturated rings. The minimum Gasteiger partial charge on any atom is -0.398 e. The number of aryl methyl sites for hydroxylation is 1. The van der Waals surface area contributed by atoms with Crippen LogP contribution in [0, 0.1) is 12.7 Å². The van der Waals surface area contributed by atoms with Crippen LogP contribution >= 0.6 is 0 Å². The highest BCUT2D eigenvalue weighted by molar-refractivity contribution is 5.62. The Hall–Kier alpha value is -2.43. The zero-order valence-electron chi connectivity index (χ0n) is 9.76. The van der Waals surface area contributed by atoms with Gasteiger partial charge in [0.25, 0.3) is 0 Å². The van der Waals surface area contributed by atoms with Gasteiger partial charge < -0.3 is 5.73 Å². The van der Waals surface area contributed by atoms with Crippen LogP contribution in [0.2, 0.25) is 0 Å². The van der Waals surface area contributed by atoms with Crippen LogP contribution in [-0.4, -0.2) is 14.6 Å². The van der Waals surface area contributed by atoms with E-state index in [0.717, 1.165) is 0 Å². The van der Waals surface area contributed by atoms with Crippen molar-refractivity contribution in [3.8, 4) is 11.4 Å². The number of halogens is 1. The lowest BCUT2D eigenvalue weighted by Crippen LogP contribution is -1.95. The normalized spacial score (nSPS) is 11.0. The minimum absolute atomic E-state index is 0.283. The maximum absolute atomic E-state index is 14.1. The van der Waals surface area contributed by atoms with Crippen LogP contribution in [0.5, 0.6) is 0 Å². The van der Waals surface area contributed by atoms with E-state index in [9.17, 15) is 4.39 Å². The Bertz CT molecular complexity index is 733. The summed E-state index contributed by atoms with van der Waals surface area (Å²) < 4.78 is 15.8. The van der Waals surface area contributed by atoms with E-state index < -0.39 is 0 Å². The number of nitrogen functional groups attached to an aromatic ring is 1. The highest BCUT2D eigenvalue weighted by atomic mass is 19.1. The van der Waals surface area contributed by atoms with Gasteiger partial charge in [-0.2, -0.15) is 0 Å². The molecule has 0 spiro atoms. The standard InChI is InChI=1S/C13H11FN4/c1-8-3-2-4-10(12(8)14)13-17-16-11-6-5-9(15)7-18(11)13/h2-7H,15H2,1H3. The topological polar surface area (TPSA) is 56.2 Å². The zero-order chi connectivity index (χ0) is 12.7. The van der Waals surface area contributed by atoms with Crippen molar-refractivity contribution < 1.29 is 4.39 Å².